The smallest absolute Gasteiger partial charge is 0.302 e. The number of hydrogen-bond donors (Lipinski definition) is 0. The molecule has 2 nitrogen and oxygen atoms in total. The molecule has 0 amide bonds. The van der Waals surface area contributed by atoms with Gasteiger partial charge in [0.25, 0.3) is 0 Å². The van der Waals surface area contributed by atoms with Gasteiger partial charge >= 0.3 is 5.97 Å². The van der Waals surface area contributed by atoms with Crippen molar-refractivity contribution < 1.29 is 9.53 Å². The molecule has 3 saturated carbocycles. The number of allylic oxidation sites excluding steroid dienone is 3. The highest BCUT2D eigenvalue weighted by molar-refractivity contribution is 5.66. The minimum absolute atomic E-state index is 0.108. The van der Waals surface area contributed by atoms with Crippen molar-refractivity contribution in [3.63, 3.8) is 0 Å². The molecule has 174 valence electrons. The second-order valence-electron chi connectivity index (χ2n) is 12.4. The quantitative estimate of drug-likeness (QED) is 0.332. The van der Waals surface area contributed by atoms with Crippen LogP contribution in [0, 0.1) is 46.3 Å². The van der Waals surface area contributed by atoms with Gasteiger partial charge in [0.05, 0.1) is 0 Å². The molecular formula is C29H46O2. The van der Waals surface area contributed by atoms with E-state index in [2.05, 4.69) is 52.8 Å². The summed E-state index contributed by atoms with van der Waals surface area (Å²) in [6.07, 6.45) is 19.0. The molecule has 0 aromatic heterocycles. The fraction of sp³-hybridized carbons (Fsp3) is 0.828. The number of fused-ring (bicyclic) bond motifs is 5. The van der Waals surface area contributed by atoms with E-state index in [0.717, 1.165) is 42.4 Å². The fourth-order valence-corrected chi connectivity index (χ4v) is 8.57. The summed E-state index contributed by atoms with van der Waals surface area (Å²) in [4.78, 5) is 11.5. The number of ether oxygens (including phenoxy) is 1. The lowest BCUT2D eigenvalue weighted by atomic mass is 9.47. The molecule has 0 radical (unpaired) electrons. The van der Waals surface area contributed by atoms with Crippen molar-refractivity contribution in [3.8, 4) is 0 Å². The first kappa shape index (κ1) is 23.1. The molecule has 0 saturated heterocycles. The molecule has 0 aromatic carbocycles. The van der Waals surface area contributed by atoms with Crippen molar-refractivity contribution in [2.75, 3.05) is 0 Å². The molecular weight excluding hydrogens is 380 g/mol. The van der Waals surface area contributed by atoms with Gasteiger partial charge in [-0.3, -0.25) is 4.79 Å². The lowest BCUT2D eigenvalue weighted by molar-refractivity contribution is -0.148. The first-order chi connectivity index (χ1) is 14.6. The van der Waals surface area contributed by atoms with Crippen LogP contribution in [0.25, 0.3) is 0 Å². The van der Waals surface area contributed by atoms with Gasteiger partial charge in [0, 0.05) is 13.3 Å². The Morgan fingerprint density at radius 1 is 1.13 bits per heavy atom. The second-order valence-corrected chi connectivity index (χ2v) is 12.4. The van der Waals surface area contributed by atoms with Crippen molar-refractivity contribution in [2.24, 2.45) is 46.3 Å². The van der Waals surface area contributed by atoms with Crippen LogP contribution in [0.5, 0.6) is 0 Å². The van der Waals surface area contributed by atoms with E-state index in [1.807, 2.05) is 0 Å². The Labute approximate surface area is 191 Å². The molecule has 31 heavy (non-hydrogen) atoms. The van der Waals surface area contributed by atoms with Gasteiger partial charge < -0.3 is 4.74 Å². The van der Waals surface area contributed by atoms with Crippen LogP contribution in [-0.4, -0.2) is 12.1 Å². The Morgan fingerprint density at radius 3 is 2.61 bits per heavy atom. The second kappa shape index (κ2) is 8.71. The maximum atomic E-state index is 11.5. The third-order valence-electron chi connectivity index (χ3n) is 10.1. The molecule has 0 spiro atoms. The SMILES string of the molecule is CC(=O)O[C@H]1CC[C@@]2(C)C(=CC[C@@H]3[C@H]4CC[C@H]([C@@H](C)/C=C\CC(C)C)[C@@]4(C)CC[C@H]32)C1. The third kappa shape index (κ3) is 4.18. The van der Waals surface area contributed by atoms with Crippen molar-refractivity contribution in [1.82, 2.24) is 0 Å². The molecule has 0 aromatic rings. The summed E-state index contributed by atoms with van der Waals surface area (Å²) in [6, 6.07) is 0. The zero-order valence-corrected chi connectivity index (χ0v) is 21.0. The van der Waals surface area contributed by atoms with Gasteiger partial charge in [0.2, 0.25) is 0 Å². The van der Waals surface area contributed by atoms with E-state index in [-0.39, 0.29) is 12.1 Å². The molecule has 0 aliphatic heterocycles. The van der Waals surface area contributed by atoms with Crippen molar-refractivity contribution in [1.29, 1.82) is 0 Å². The van der Waals surface area contributed by atoms with Gasteiger partial charge in [-0.05, 0) is 97.7 Å². The highest BCUT2D eigenvalue weighted by Gasteiger charge is 2.59. The van der Waals surface area contributed by atoms with Crippen molar-refractivity contribution in [3.05, 3.63) is 23.8 Å². The molecule has 4 aliphatic rings. The van der Waals surface area contributed by atoms with Crippen molar-refractivity contribution >= 4 is 5.97 Å². The topological polar surface area (TPSA) is 26.3 Å². The van der Waals surface area contributed by atoms with E-state index in [0.29, 0.717) is 16.7 Å². The van der Waals surface area contributed by atoms with E-state index in [1.165, 1.54) is 44.9 Å². The fourth-order valence-electron chi connectivity index (χ4n) is 8.57. The molecule has 0 bridgehead atoms. The molecule has 2 heteroatoms. The zero-order chi connectivity index (χ0) is 22.4. The summed E-state index contributed by atoms with van der Waals surface area (Å²) in [6.45, 7) is 13.9. The Bertz CT molecular complexity index is 733. The standard InChI is InChI=1S/C29H46O2/c1-19(2)8-7-9-20(3)25-12-13-26-24-11-10-22-18-23(31-21(4)30)14-16-28(22,5)27(24)15-17-29(25,26)6/h7,9-10,19-20,23-27H,8,11-18H2,1-6H3/b9-7-/t20-,23-,24+,25+,26+,27+,28-,29+/m0/s1. The van der Waals surface area contributed by atoms with E-state index in [4.69, 9.17) is 4.74 Å². The normalized spacial score (nSPS) is 43.2. The number of hydrogen-bond acceptors (Lipinski definition) is 2. The average molecular weight is 427 g/mol. The van der Waals surface area contributed by atoms with Crippen LogP contribution in [0.1, 0.15) is 99.3 Å². The van der Waals surface area contributed by atoms with Crippen LogP contribution in [0.2, 0.25) is 0 Å². The highest BCUT2D eigenvalue weighted by atomic mass is 16.5. The first-order valence-corrected chi connectivity index (χ1v) is 13.2. The Hall–Kier alpha value is -1.05. The van der Waals surface area contributed by atoms with E-state index in [9.17, 15) is 4.79 Å². The van der Waals surface area contributed by atoms with Gasteiger partial charge in [0.1, 0.15) is 6.10 Å². The van der Waals surface area contributed by atoms with Crippen LogP contribution in [-0.2, 0) is 9.53 Å². The van der Waals surface area contributed by atoms with Crippen LogP contribution >= 0.6 is 0 Å². The summed E-state index contributed by atoms with van der Waals surface area (Å²) in [5, 5.41) is 0. The van der Waals surface area contributed by atoms with Crippen LogP contribution < -0.4 is 0 Å². The van der Waals surface area contributed by atoms with E-state index < -0.39 is 0 Å². The number of rotatable bonds is 5. The van der Waals surface area contributed by atoms with Gasteiger partial charge in [-0.15, -0.1) is 0 Å². The Balaban J connectivity index is 1.50. The predicted octanol–water partition coefficient (Wildman–Crippen LogP) is 7.74. The zero-order valence-electron chi connectivity index (χ0n) is 21.0. The van der Waals surface area contributed by atoms with Gasteiger partial charge in [-0.1, -0.05) is 58.4 Å². The van der Waals surface area contributed by atoms with Crippen LogP contribution in [0.4, 0.5) is 0 Å². The summed E-state index contributed by atoms with van der Waals surface area (Å²) in [5.74, 6) is 4.76. The Morgan fingerprint density at radius 2 is 1.90 bits per heavy atom. The largest absolute Gasteiger partial charge is 0.462 e. The highest BCUT2D eigenvalue weighted by Crippen LogP contribution is 2.67. The Kier molecular flexibility index (Phi) is 6.50. The first-order valence-electron chi connectivity index (χ1n) is 13.2. The summed E-state index contributed by atoms with van der Waals surface area (Å²) < 4.78 is 5.61. The summed E-state index contributed by atoms with van der Waals surface area (Å²) in [5.41, 5.74) is 2.45. The molecule has 3 fully saturated rings. The maximum Gasteiger partial charge on any atom is 0.302 e. The minimum Gasteiger partial charge on any atom is -0.462 e. The van der Waals surface area contributed by atoms with Gasteiger partial charge in [-0.25, -0.2) is 0 Å². The lowest BCUT2D eigenvalue weighted by Gasteiger charge is -2.58. The van der Waals surface area contributed by atoms with E-state index >= 15 is 0 Å². The minimum atomic E-state index is -0.120. The summed E-state index contributed by atoms with van der Waals surface area (Å²) in [7, 11) is 0. The molecule has 4 rings (SSSR count). The van der Waals surface area contributed by atoms with Crippen LogP contribution in [0.15, 0.2) is 23.8 Å². The van der Waals surface area contributed by atoms with Crippen LogP contribution in [0.3, 0.4) is 0 Å². The molecule has 4 aliphatic carbocycles. The number of carbonyl (C=O) groups is 1. The molecule has 8 atom stereocenters. The van der Waals surface area contributed by atoms with Crippen molar-refractivity contribution in [2.45, 2.75) is 105 Å². The predicted molar refractivity (Wildman–Crippen MR) is 129 cm³/mol. The molecule has 0 N–H and O–H groups in total. The molecule has 0 heterocycles. The maximum absolute atomic E-state index is 11.5. The number of carbonyl (C=O) groups excluding carboxylic acids is 1. The lowest BCUT2D eigenvalue weighted by Crippen LogP contribution is -2.51. The average Bonchev–Trinajstić information content (AvgIpc) is 3.05. The van der Waals surface area contributed by atoms with E-state index in [1.54, 1.807) is 12.5 Å². The number of esters is 1. The van der Waals surface area contributed by atoms with Gasteiger partial charge in [0.15, 0.2) is 0 Å². The summed E-state index contributed by atoms with van der Waals surface area (Å²) >= 11 is 0. The molecule has 0 unspecified atom stereocenters. The third-order valence-corrected chi connectivity index (χ3v) is 10.1. The van der Waals surface area contributed by atoms with Gasteiger partial charge in [-0.2, -0.15) is 0 Å². The monoisotopic (exact) mass is 426 g/mol.